The zero-order chi connectivity index (χ0) is 13.8. The minimum absolute atomic E-state index is 0.0184. The Kier molecular flexibility index (Phi) is 4.24. The van der Waals surface area contributed by atoms with Gasteiger partial charge in [0.1, 0.15) is 5.69 Å². The average molecular weight is 299 g/mol. The molecule has 2 aromatic heterocycles. The first-order chi connectivity index (χ1) is 9.08. The molecule has 0 amide bonds. The highest BCUT2D eigenvalue weighted by Crippen LogP contribution is 2.16. The number of pyridine rings is 1. The van der Waals surface area contributed by atoms with Crippen LogP contribution in [0.25, 0.3) is 11.5 Å². The molecule has 0 N–H and O–H groups in total. The van der Waals surface area contributed by atoms with E-state index in [4.69, 9.17) is 23.2 Å². The summed E-state index contributed by atoms with van der Waals surface area (Å²) in [5.41, 5.74) is 0.990. The largest absolute Gasteiger partial charge is 0.469 e. The number of aromatic nitrogens is 4. The molecule has 0 spiro atoms. The highest BCUT2D eigenvalue weighted by Gasteiger charge is 2.10. The summed E-state index contributed by atoms with van der Waals surface area (Å²) in [6.07, 6.45) is 0.0664. The molecule has 98 valence electrons. The van der Waals surface area contributed by atoms with E-state index in [-0.39, 0.29) is 28.8 Å². The van der Waals surface area contributed by atoms with Crippen LogP contribution < -0.4 is 0 Å². The van der Waals surface area contributed by atoms with Gasteiger partial charge in [-0.05, 0) is 35.3 Å². The molecule has 2 rings (SSSR count). The van der Waals surface area contributed by atoms with Gasteiger partial charge in [0.15, 0.2) is 5.82 Å². The first-order valence-electron chi connectivity index (χ1n) is 5.18. The number of carbonyl (C=O) groups excluding carboxylic acids is 1. The molecule has 0 fully saturated rings. The molecule has 19 heavy (non-hydrogen) atoms. The molecule has 0 atom stereocenters. The summed E-state index contributed by atoms with van der Waals surface area (Å²) in [6.45, 7) is 0. The Balaban J connectivity index is 2.34. The fraction of sp³-hybridized carbons (Fsp3) is 0.182. The average Bonchev–Trinajstić information content (AvgIpc) is 2.38. The Bertz CT molecular complexity index is 601. The quantitative estimate of drug-likeness (QED) is 0.806. The maximum absolute atomic E-state index is 11.2. The van der Waals surface area contributed by atoms with E-state index in [1.807, 2.05) is 0 Å². The van der Waals surface area contributed by atoms with E-state index in [1.165, 1.54) is 7.11 Å². The van der Waals surface area contributed by atoms with Gasteiger partial charge in [0.25, 0.3) is 0 Å². The van der Waals surface area contributed by atoms with Crippen LogP contribution in [-0.4, -0.2) is 33.0 Å². The van der Waals surface area contributed by atoms with Gasteiger partial charge in [0.05, 0.1) is 19.2 Å². The Morgan fingerprint density at radius 2 is 1.84 bits per heavy atom. The highest BCUT2D eigenvalue weighted by molar-refractivity contribution is 6.31. The SMILES string of the molecule is COC(=O)Cc1cccc(-c2nc(Cl)nc(Cl)n2)n1. The van der Waals surface area contributed by atoms with Crippen LogP contribution in [0, 0.1) is 0 Å². The van der Waals surface area contributed by atoms with Crippen LogP contribution in [0.5, 0.6) is 0 Å². The molecule has 0 bridgehead atoms. The van der Waals surface area contributed by atoms with Gasteiger partial charge < -0.3 is 4.74 Å². The van der Waals surface area contributed by atoms with Crippen molar-refractivity contribution in [2.24, 2.45) is 0 Å². The van der Waals surface area contributed by atoms with E-state index in [2.05, 4.69) is 24.7 Å². The first-order valence-corrected chi connectivity index (χ1v) is 5.94. The number of halogens is 2. The number of methoxy groups -OCH3 is 1. The number of rotatable bonds is 3. The van der Waals surface area contributed by atoms with E-state index >= 15 is 0 Å². The van der Waals surface area contributed by atoms with Gasteiger partial charge in [-0.25, -0.2) is 4.98 Å². The standard InChI is InChI=1S/C11H8Cl2N4O2/c1-19-8(18)5-6-3-2-4-7(14-6)9-15-10(12)17-11(13)16-9/h2-4H,5H2,1H3. The summed E-state index contributed by atoms with van der Waals surface area (Å²) in [7, 11) is 1.32. The molecule has 0 aliphatic rings. The smallest absolute Gasteiger partial charge is 0.311 e. The van der Waals surface area contributed by atoms with Gasteiger partial charge in [0, 0.05) is 0 Å². The van der Waals surface area contributed by atoms with Crippen molar-refractivity contribution in [2.75, 3.05) is 7.11 Å². The van der Waals surface area contributed by atoms with Gasteiger partial charge in [-0.2, -0.15) is 15.0 Å². The molecule has 0 unspecified atom stereocenters. The van der Waals surface area contributed by atoms with Gasteiger partial charge in [-0.3, -0.25) is 4.79 Å². The van der Waals surface area contributed by atoms with Crippen molar-refractivity contribution < 1.29 is 9.53 Å². The second kappa shape index (κ2) is 5.90. The number of hydrogen-bond donors (Lipinski definition) is 0. The predicted molar refractivity (Wildman–Crippen MR) is 68.8 cm³/mol. The maximum Gasteiger partial charge on any atom is 0.311 e. The normalized spacial score (nSPS) is 10.3. The fourth-order valence-electron chi connectivity index (χ4n) is 1.36. The van der Waals surface area contributed by atoms with Crippen molar-refractivity contribution in [3.63, 3.8) is 0 Å². The summed E-state index contributed by atoms with van der Waals surface area (Å²) in [5.74, 6) is -0.131. The third-order valence-electron chi connectivity index (χ3n) is 2.17. The van der Waals surface area contributed by atoms with Crippen molar-refractivity contribution in [2.45, 2.75) is 6.42 Å². The third-order valence-corrected chi connectivity index (χ3v) is 2.51. The molecule has 0 saturated carbocycles. The van der Waals surface area contributed by atoms with Crippen LogP contribution in [0.1, 0.15) is 5.69 Å². The van der Waals surface area contributed by atoms with Crippen LogP contribution in [0.4, 0.5) is 0 Å². The van der Waals surface area contributed by atoms with E-state index in [1.54, 1.807) is 18.2 Å². The first kappa shape index (κ1) is 13.6. The van der Waals surface area contributed by atoms with Gasteiger partial charge in [-0.15, -0.1) is 0 Å². The summed E-state index contributed by atoms with van der Waals surface area (Å²) in [6, 6.07) is 5.11. The predicted octanol–water partition coefficient (Wildman–Crippen LogP) is 1.96. The van der Waals surface area contributed by atoms with Crippen LogP contribution in [0.2, 0.25) is 10.6 Å². The van der Waals surface area contributed by atoms with Gasteiger partial charge in [0.2, 0.25) is 10.6 Å². The molecule has 0 saturated heterocycles. The molecule has 0 radical (unpaired) electrons. The molecule has 6 nitrogen and oxygen atoms in total. The second-order valence-electron chi connectivity index (χ2n) is 3.46. The van der Waals surface area contributed by atoms with Crippen LogP contribution >= 0.6 is 23.2 Å². The summed E-state index contributed by atoms with van der Waals surface area (Å²) in [5, 5.41) is -0.0367. The van der Waals surface area contributed by atoms with Crippen molar-refractivity contribution in [3.8, 4) is 11.5 Å². The fourth-order valence-corrected chi connectivity index (χ4v) is 1.73. The second-order valence-corrected chi connectivity index (χ2v) is 4.14. The lowest BCUT2D eigenvalue weighted by molar-refractivity contribution is -0.139. The highest BCUT2D eigenvalue weighted by atomic mass is 35.5. The van der Waals surface area contributed by atoms with E-state index in [0.717, 1.165) is 0 Å². The van der Waals surface area contributed by atoms with Crippen molar-refractivity contribution in [1.82, 2.24) is 19.9 Å². The Morgan fingerprint density at radius 3 is 2.47 bits per heavy atom. The maximum atomic E-state index is 11.2. The Hall–Kier alpha value is -1.79. The summed E-state index contributed by atoms with van der Waals surface area (Å²) < 4.78 is 4.58. The zero-order valence-corrected chi connectivity index (χ0v) is 11.3. The number of esters is 1. The van der Waals surface area contributed by atoms with Gasteiger partial charge in [-0.1, -0.05) is 6.07 Å². The molecular formula is C11H8Cl2N4O2. The van der Waals surface area contributed by atoms with Crippen LogP contribution in [0.3, 0.4) is 0 Å². The van der Waals surface area contributed by atoms with Crippen molar-refractivity contribution in [3.05, 3.63) is 34.5 Å². The molecule has 8 heteroatoms. The zero-order valence-electron chi connectivity index (χ0n) is 9.80. The van der Waals surface area contributed by atoms with E-state index in [9.17, 15) is 4.79 Å². The third kappa shape index (κ3) is 3.59. The molecule has 2 heterocycles. The minimum Gasteiger partial charge on any atom is -0.469 e. The molecular weight excluding hydrogens is 291 g/mol. The van der Waals surface area contributed by atoms with E-state index < -0.39 is 0 Å². The lowest BCUT2D eigenvalue weighted by atomic mass is 10.2. The topological polar surface area (TPSA) is 77.9 Å². The molecule has 0 aliphatic carbocycles. The molecule has 0 aromatic carbocycles. The Labute approximate surface area is 118 Å². The lowest BCUT2D eigenvalue weighted by Crippen LogP contribution is -2.06. The Morgan fingerprint density at radius 1 is 1.16 bits per heavy atom. The van der Waals surface area contributed by atoms with Crippen LogP contribution in [-0.2, 0) is 16.0 Å². The summed E-state index contributed by atoms with van der Waals surface area (Å²) in [4.78, 5) is 26.9. The lowest BCUT2D eigenvalue weighted by Gasteiger charge is -2.03. The van der Waals surface area contributed by atoms with Crippen LogP contribution in [0.15, 0.2) is 18.2 Å². The number of carbonyl (C=O) groups is 1. The molecule has 2 aromatic rings. The van der Waals surface area contributed by atoms with E-state index in [0.29, 0.717) is 11.4 Å². The number of nitrogens with zero attached hydrogens (tertiary/aromatic N) is 4. The minimum atomic E-state index is -0.378. The molecule has 0 aliphatic heterocycles. The number of ether oxygens (including phenoxy) is 1. The monoisotopic (exact) mass is 298 g/mol. The number of hydrogen-bond acceptors (Lipinski definition) is 6. The van der Waals surface area contributed by atoms with Gasteiger partial charge >= 0.3 is 5.97 Å². The van der Waals surface area contributed by atoms with Crippen molar-refractivity contribution >= 4 is 29.2 Å². The summed E-state index contributed by atoms with van der Waals surface area (Å²) >= 11 is 11.4. The van der Waals surface area contributed by atoms with Crippen molar-refractivity contribution in [1.29, 1.82) is 0 Å².